The molecule has 3 aromatic rings. The summed E-state index contributed by atoms with van der Waals surface area (Å²) < 4.78 is 7.80. The number of thiazole rings is 1. The monoisotopic (exact) mass is 371 g/mol. The van der Waals surface area contributed by atoms with Crippen LogP contribution in [0, 0.1) is 0 Å². The zero-order chi connectivity index (χ0) is 18.1. The van der Waals surface area contributed by atoms with E-state index >= 15 is 0 Å². The van der Waals surface area contributed by atoms with E-state index in [0.29, 0.717) is 13.2 Å². The molecule has 0 bridgehead atoms. The third-order valence-electron chi connectivity index (χ3n) is 4.21. The Morgan fingerprint density at radius 2 is 2.27 bits per heavy atom. The molecule has 1 aliphatic rings. The van der Waals surface area contributed by atoms with E-state index in [0.717, 1.165) is 39.9 Å². The maximum Gasteiger partial charge on any atom is 0.187 e. The second kappa shape index (κ2) is 7.05. The Labute approximate surface area is 155 Å². The van der Waals surface area contributed by atoms with Crippen molar-refractivity contribution >= 4 is 17.0 Å². The first-order valence-electron chi connectivity index (χ1n) is 8.69. The lowest BCUT2D eigenvalue weighted by atomic mass is 10.1. The van der Waals surface area contributed by atoms with Crippen LogP contribution in [0.2, 0.25) is 0 Å². The Morgan fingerprint density at radius 1 is 1.38 bits per heavy atom. The van der Waals surface area contributed by atoms with E-state index < -0.39 is 0 Å². The summed E-state index contributed by atoms with van der Waals surface area (Å²) in [5.74, 6) is 1.63. The van der Waals surface area contributed by atoms with E-state index in [9.17, 15) is 0 Å². The molecule has 0 aliphatic carbocycles. The van der Waals surface area contributed by atoms with Gasteiger partial charge in [-0.05, 0) is 32.0 Å². The quantitative estimate of drug-likeness (QED) is 0.717. The molecule has 136 valence electrons. The Morgan fingerprint density at radius 3 is 3.08 bits per heavy atom. The molecule has 26 heavy (non-hydrogen) atoms. The standard InChI is InChI=1S/C18H21N5O2S/c1-11(2)23-17(20-10-21-23)18-22-16-13-9-12(19-6-7-24)3-4-14(13)25-8-5-15(16)26-18/h3-4,9-11,19,24H,5-8H2,1-2H3. The topological polar surface area (TPSA) is 85.1 Å². The second-order valence-corrected chi connectivity index (χ2v) is 7.46. The van der Waals surface area contributed by atoms with Crippen LogP contribution in [-0.2, 0) is 6.42 Å². The van der Waals surface area contributed by atoms with Crippen LogP contribution < -0.4 is 10.1 Å². The van der Waals surface area contributed by atoms with Gasteiger partial charge in [0.05, 0.1) is 18.9 Å². The van der Waals surface area contributed by atoms with E-state index in [1.165, 1.54) is 4.88 Å². The highest BCUT2D eigenvalue weighted by Gasteiger charge is 2.23. The first-order valence-corrected chi connectivity index (χ1v) is 9.50. The summed E-state index contributed by atoms with van der Waals surface area (Å²) in [7, 11) is 0. The third-order valence-corrected chi connectivity index (χ3v) is 5.32. The van der Waals surface area contributed by atoms with Crippen molar-refractivity contribution < 1.29 is 9.84 Å². The molecule has 0 radical (unpaired) electrons. The number of aliphatic hydroxyl groups excluding tert-OH is 1. The predicted molar refractivity (Wildman–Crippen MR) is 102 cm³/mol. The fraction of sp³-hybridized carbons (Fsp3) is 0.389. The molecule has 0 saturated carbocycles. The largest absolute Gasteiger partial charge is 0.493 e. The van der Waals surface area contributed by atoms with Gasteiger partial charge in [-0.25, -0.2) is 14.6 Å². The minimum Gasteiger partial charge on any atom is -0.493 e. The molecule has 0 saturated heterocycles. The summed E-state index contributed by atoms with van der Waals surface area (Å²) in [6.07, 6.45) is 2.40. The summed E-state index contributed by atoms with van der Waals surface area (Å²) in [5, 5.41) is 17.4. The van der Waals surface area contributed by atoms with Crippen LogP contribution in [-0.4, -0.2) is 44.6 Å². The fourth-order valence-corrected chi connectivity index (χ4v) is 4.06. The van der Waals surface area contributed by atoms with Crippen LogP contribution in [0.25, 0.3) is 22.1 Å². The van der Waals surface area contributed by atoms with E-state index in [1.54, 1.807) is 17.7 Å². The average Bonchev–Trinajstić information content (AvgIpc) is 3.24. The number of hydrogen-bond donors (Lipinski definition) is 2. The smallest absolute Gasteiger partial charge is 0.187 e. The lowest BCUT2D eigenvalue weighted by Crippen LogP contribution is -2.05. The van der Waals surface area contributed by atoms with Crippen molar-refractivity contribution in [3.8, 4) is 27.8 Å². The van der Waals surface area contributed by atoms with Gasteiger partial charge in [0.1, 0.15) is 12.1 Å². The van der Waals surface area contributed by atoms with Crippen molar-refractivity contribution in [1.29, 1.82) is 0 Å². The van der Waals surface area contributed by atoms with Gasteiger partial charge in [0.25, 0.3) is 0 Å². The molecular weight excluding hydrogens is 350 g/mol. The van der Waals surface area contributed by atoms with Gasteiger partial charge >= 0.3 is 0 Å². The maximum absolute atomic E-state index is 9.04. The van der Waals surface area contributed by atoms with E-state index in [1.807, 2.05) is 22.9 Å². The first kappa shape index (κ1) is 17.0. The summed E-state index contributed by atoms with van der Waals surface area (Å²) >= 11 is 1.65. The normalized spacial score (nSPS) is 13.1. The minimum atomic E-state index is 0.0878. The van der Waals surface area contributed by atoms with Crippen molar-refractivity contribution in [1.82, 2.24) is 19.7 Å². The zero-order valence-electron chi connectivity index (χ0n) is 14.8. The lowest BCUT2D eigenvalue weighted by molar-refractivity contribution is 0.311. The van der Waals surface area contributed by atoms with Crippen LogP contribution in [0.5, 0.6) is 5.75 Å². The predicted octanol–water partition coefficient (Wildman–Crippen LogP) is 2.99. The van der Waals surface area contributed by atoms with Gasteiger partial charge in [0.15, 0.2) is 10.8 Å². The van der Waals surface area contributed by atoms with E-state index in [-0.39, 0.29) is 12.6 Å². The highest BCUT2D eigenvalue weighted by atomic mass is 32.1. The maximum atomic E-state index is 9.04. The van der Waals surface area contributed by atoms with Crippen LogP contribution in [0.15, 0.2) is 24.5 Å². The van der Waals surface area contributed by atoms with Crippen molar-refractivity contribution in [3.05, 3.63) is 29.4 Å². The van der Waals surface area contributed by atoms with E-state index in [2.05, 4.69) is 29.2 Å². The number of aromatic nitrogens is 4. The molecule has 0 atom stereocenters. The number of nitrogens with one attached hydrogen (secondary N) is 1. The number of benzene rings is 1. The summed E-state index contributed by atoms with van der Waals surface area (Å²) in [4.78, 5) is 10.5. The van der Waals surface area contributed by atoms with Crippen LogP contribution >= 0.6 is 11.3 Å². The number of fused-ring (bicyclic) bond motifs is 3. The molecule has 7 nitrogen and oxygen atoms in total. The SMILES string of the molecule is CC(C)n1ncnc1-c1nc2c(s1)CCOc1ccc(NCCO)cc1-2. The second-order valence-electron chi connectivity index (χ2n) is 6.37. The number of aliphatic hydroxyl groups is 1. The molecule has 2 aromatic heterocycles. The minimum absolute atomic E-state index is 0.0878. The zero-order valence-corrected chi connectivity index (χ0v) is 15.6. The Balaban J connectivity index is 1.78. The third kappa shape index (κ3) is 3.06. The molecule has 0 spiro atoms. The fourth-order valence-electron chi connectivity index (χ4n) is 3.01. The lowest BCUT2D eigenvalue weighted by Gasteiger charge is -2.10. The van der Waals surface area contributed by atoms with Crippen molar-refractivity contribution in [2.45, 2.75) is 26.3 Å². The van der Waals surface area contributed by atoms with Crippen molar-refractivity contribution in [2.24, 2.45) is 0 Å². The molecule has 1 aromatic carbocycles. The molecule has 0 amide bonds. The number of rotatable bonds is 5. The van der Waals surface area contributed by atoms with Crippen LogP contribution in [0.4, 0.5) is 5.69 Å². The number of anilines is 1. The number of nitrogens with zero attached hydrogens (tertiary/aromatic N) is 4. The molecule has 1 aliphatic heterocycles. The highest BCUT2D eigenvalue weighted by molar-refractivity contribution is 7.15. The average molecular weight is 371 g/mol. The highest BCUT2D eigenvalue weighted by Crippen LogP contribution is 2.41. The first-order chi connectivity index (χ1) is 12.7. The van der Waals surface area contributed by atoms with Gasteiger partial charge in [-0.1, -0.05) is 0 Å². The molecule has 4 rings (SSSR count). The molecule has 3 heterocycles. The van der Waals surface area contributed by atoms with Gasteiger partial charge in [-0.2, -0.15) is 5.10 Å². The summed E-state index contributed by atoms with van der Waals surface area (Å²) in [6, 6.07) is 6.18. The summed E-state index contributed by atoms with van der Waals surface area (Å²) in [5.41, 5.74) is 2.86. The molecule has 0 fully saturated rings. The van der Waals surface area contributed by atoms with Gasteiger partial charge in [-0.3, -0.25) is 0 Å². The van der Waals surface area contributed by atoms with Crippen molar-refractivity contribution in [3.63, 3.8) is 0 Å². The Kier molecular flexibility index (Phi) is 4.60. The van der Waals surface area contributed by atoms with Gasteiger partial charge in [0.2, 0.25) is 0 Å². The molecular formula is C18H21N5O2S. The van der Waals surface area contributed by atoms with Gasteiger partial charge in [0, 0.05) is 35.1 Å². The van der Waals surface area contributed by atoms with Crippen LogP contribution in [0.1, 0.15) is 24.8 Å². The Hall–Kier alpha value is -2.45. The van der Waals surface area contributed by atoms with E-state index in [4.69, 9.17) is 14.8 Å². The number of hydrogen-bond acceptors (Lipinski definition) is 7. The van der Waals surface area contributed by atoms with Crippen molar-refractivity contribution in [2.75, 3.05) is 25.1 Å². The van der Waals surface area contributed by atoms with Gasteiger partial charge < -0.3 is 15.2 Å². The molecule has 8 heteroatoms. The van der Waals surface area contributed by atoms with Crippen LogP contribution in [0.3, 0.4) is 0 Å². The van der Waals surface area contributed by atoms with Gasteiger partial charge in [-0.15, -0.1) is 11.3 Å². The number of ether oxygens (including phenoxy) is 1. The Bertz CT molecular complexity index is 918. The molecule has 0 unspecified atom stereocenters. The summed E-state index contributed by atoms with van der Waals surface area (Å²) in [6.45, 7) is 5.39. The molecule has 2 N–H and O–H groups in total.